The second-order valence-electron chi connectivity index (χ2n) is 7.63. The zero-order chi connectivity index (χ0) is 17.9. The van der Waals surface area contributed by atoms with E-state index in [4.69, 9.17) is 0 Å². The number of piperazine rings is 2. The number of fused-ring (bicyclic) bond motifs is 1. The summed E-state index contributed by atoms with van der Waals surface area (Å²) in [5.41, 5.74) is 1.20. The summed E-state index contributed by atoms with van der Waals surface area (Å²) in [4.78, 5) is 29.3. The number of benzene rings is 1. The van der Waals surface area contributed by atoms with Crippen LogP contribution in [0.15, 0.2) is 30.3 Å². The van der Waals surface area contributed by atoms with Crippen LogP contribution in [0, 0.1) is 0 Å². The maximum Gasteiger partial charge on any atom is 0.237 e. The fourth-order valence-electron chi connectivity index (χ4n) is 4.43. The molecular formula is C20H28N4O2. The van der Waals surface area contributed by atoms with Gasteiger partial charge in [-0.1, -0.05) is 31.0 Å². The summed E-state index contributed by atoms with van der Waals surface area (Å²) < 4.78 is 0. The maximum absolute atomic E-state index is 12.7. The molecule has 0 aromatic heterocycles. The summed E-state index contributed by atoms with van der Waals surface area (Å²) in [5, 5.41) is 6.56. The first-order chi connectivity index (χ1) is 12.7. The average molecular weight is 356 g/mol. The van der Waals surface area contributed by atoms with Crippen molar-refractivity contribution in [2.75, 3.05) is 31.1 Å². The maximum atomic E-state index is 12.7. The van der Waals surface area contributed by atoms with Crippen molar-refractivity contribution in [3.63, 3.8) is 0 Å². The molecule has 2 amide bonds. The van der Waals surface area contributed by atoms with Crippen LogP contribution < -0.4 is 15.5 Å². The molecule has 1 aliphatic carbocycles. The van der Waals surface area contributed by atoms with Crippen LogP contribution in [-0.2, 0) is 9.59 Å². The number of carbonyl (C=O) groups excluding carboxylic acids is 2. The van der Waals surface area contributed by atoms with Crippen LogP contribution >= 0.6 is 0 Å². The quantitative estimate of drug-likeness (QED) is 0.852. The summed E-state index contributed by atoms with van der Waals surface area (Å²) in [6.07, 6.45) is 4.78. The fourth-order valence-corrected chi connectivity index (χ4v) is 4.43. The van der Waals surface area contributed by atoms with E-state index in [1.54, 1.807) is 0 Å². The van der Waals surface area contributed by atoms with Crippen LogP contribution in [0.4, 0.5) is 5.69 Å². The minimum atomic E-state index is -0.381. The lowest BCUT2D eigenvalue weighted by molar-refractivity contribution is -0.136. The van der Waals surface area contributed by atoms with Gasteiger partial charge in [-0.3, -0.25) is 9.59 Å². The van der Waals surface area contributed by atoms with Gasteiger partial charge in [-0.15, -0.1) is 0 Å². The molecule has 0 spiro atoms. The number of amides is 2. The number of rotatable bonds is 3. The molecule has 6 heteroatoms. The molecule has 26 heavy (non-hydrogen) atoms. The Balaban J connectivity index is 1.29. The minimum absolute atomic E-state index is 0.00979. The number of hydrogen-bond donors (Lipinski definition) is 2. The molecule has 3 atom stereocenters. The van der Waals surface area contributed by atoms with Gasteiger partial charge in [0.25, 0.3) is 0 Å². The van der Waals surface area contributed by atoms with E-state index in [2.05, 4.69) is 27.7 Å². The highest BCUT2D eigenvalue weighted by atomic mass is 16.2. The summed E-state index contributed by atoms with van der Waals surface area (Å²) >= 11 is 0. The van der Waals surface area contributed by atoms with Crippen molar-refractivity contribution < 1.29 is 9.59 Å². The zero-order valence-corrected chi connectivity index (χ0v) is 15.2. The van der Waals surface area contributed by atoms with E-state index >= 15 is 0 Å². The Hall–Kier alpha value is -2.08. The molecule has 2 N–H and O–H groups in total. The Bertz CT molecular complexity index is 642. The predicted molar refractivity (Wildman–Crippen MR) is 101 cm³/mol. The van der Waals surface area contributed by atoms with Crippen molar-refractivity contribution >= 4 is 17.5 Å². The number of nitrogens with zero attached hydrogens (tertiary/aromatic N) is 2. The average Bonchev–Trinajstić information content (AvgIpc) is 2.69. The second-order valence-corrected chi connectivity index (χ2v) is 7.63. The molecule has 1 saturated carbocycles. The van der Waals surface area contributed by atoms with Crippen LogP contribution in [0.25, 0.3) is 0 Å². The Kier molecular flexibility index (Phi) is 5.11. The number of carbonyl (C=O) groups is 2. The van der Waals surface area contributed by atoms with E-state index in [-0.39, 0.29) is 30.3 Å². The third kappa shape index (κ3) is 3.70. The molecule has 2 saturated heterocycles. The van der Waals surface area contributed by atoms with Gasteiger partial charge >= 0.3 is 0 Å². The number of anilines is 1. The molecule has 0 unspecified atom stereocenters. The van der Waals surface area contributed by atoms with Gasteiger partial charge in [-0.2, -0.15) is 0 Å². The monoisotopic (exact) mass is 356 g/mol. The SMILES string of the molecule is O=C1N[C@@H]2CCCC[C@H]2N[C@@H]1CC(=O)N1CCN(c2ccccc2)CC1. The van der Waals surface area contributed by atoms with Crippen molar-refractivity contribution in [1.29, 1.82) is 0 Å². The fraction of sp³-hybridized carbons (Fsp3) is 0.600. The van der Waals surface area contributed by atoms with E-state index in [1.165, 1.54) is 18.5 Å². The lowest BCUT2D eigenvalue weighted by Gasteiger charge is -2.41. The molecule has 0 bridgehead atoms. The van der Waals surface area contributed by atoms with Crippen LogP contribution in [-0.4, -0.2) is 61.0 Å². The highest BCUT2D eigenvalue weighted by Gasteiger charge is 2.37. The molecule has 2 aliphatic heterocycles. The molecular weight excluding hydrogens is 328 g/mol. The van der Waals surface area contributed by atoms with Gasteiger partial charge in [-0.25, -0.2) is 0 Å². The first-order valence-electron chi connectivity index (χ1n) is 9.85. The molecule has 3 fully saturated rings. The van der Waals surface area contributed by atoms with Crippen molar-refractivity contribution in [2.45, 2.75) is 50.2 Å². The molecule has 140 valence electrons. The highest BCUT2D eigenvalue weighted by Crippen LogP contribution is 2.23. The van der Waals surface area contributed by atoms with E-state index in [1.807, 2.05) is 23.1 Å². The van der Waals surface area contributed by atoms with Gasteiger partial charge < -0.3 is 20.4 Å². The van der Waals surface area contributed by atoms with E-state index < -0.39 is 0 Å². The summed E-state index contributed by atoms with van der Waals surface area (Å²) in [7, 11) is 0. The Morgan fingerprint density at radius 2 is 1.69 bits per heavy atom. The third-order valence-corrected chi connectivity index (χ3v) is 5.96. The Labute approximate surface area is 154 Å². The van der Waals surface area contributed by atoms with Crippen LogP contribution in [0.2, 0.25) is 0 Å². The van der Waals surface area contributed by atoms with Gasteiger partial charge in [0.1, 0.15) is 0 Å². The minimum Gasteiger partial charge on any atom is -0.368 e. The standard InChI is InChI=1S/C20H28N4O2/c25-19(14-18-20(26)22-17-9-5-4-8-16(17)21-18)24-12-10-23(11-13-24)15-6-2-1-3-7-15/h1-3,6-7,16-18,21H,4-5,8-14H2,(H,22,26)/t16-,17-,18-/m1/s1. The van der Waals surface area contributed by atoms with Crippen molar-refractivity contribution in [2.24, 2.45) is 0 Å². The first kappa shape index (κ1) is 17.3. The number of hydrogen-bond acceptors (Lipinski definition) is 4. The summed E-state index contributed by atoms with van der Waals surface area (Å²) in [5.74, 6) is 0.0732. The van der Waals surface area contributed by atoms with Crippen molar-refractivity contribution in [1.82, 2.24) is 15.5 Å². The molecule has 6 nitrogen and oxygen atoms in total. The smallest absolute Gasteiger partial charge is 0.237 e. The van der Waals surface area contributed by atoms with Gasteiger partial charge in [0.05, 0.1) is 12.5 Å². The molecule has 4 rings (SSSR count). The largest absolute Gasteiger partial charge is 0.368 e. The van der Waals surface area contributed by atoms with Crippen LogP contribution in [0.3, 0.4) is 0 Å². The van der Waals surface area contributed by atoms with Gasteiger partial charge in [0.15, 0.2) is 0 Å². The Morgan fingerprint density at radius 3 is 2.42 bits per heavy atom. The molecule has 3 aliphatic rings. The van der Waals surface area contributed by atoms with Gasteiger partial charge in [0.2, 0.25) is 11.8 Å². The molecule has 1 aromatic rings. The molecule has 0 radical (unpaired) electrons. The van der Waals surface area contributed by atoms with Gasteiger partial charge in [0, 0.05) is 44.0 Å². The lowest BCUT2D eigenvalue weighted by atomic mass is 9.87. The highest BCUT2D eigenvalue weighted by molar-refractivity contribution is 5.89. The topological polar surface area (TPSA) is 64.7 Å². The van der Waals surface area contributed by atoms with E-state index in [9.17, 15) is 9.59 Å². The number of nitrogens with one attached hydrogen (secondary N) is 2. The third-order valence-electron chi connectivity index (χ3n) is 5.96. The predicted octanol–water partition coefficient (Wildman–Crippen LogP) is 1.12. The van der Waals surface area contributed by atoms with Crippen molar-refractivity contribution in [3.05, 3.63) is 30.3 Å². The van der Waals surface area contributed by atoms with Gasteiger partial charge in [-0.05, 0) is 25.0 Å². The molecule has 2 heterocycles. The van der Waals surface area contributed by atoms with Crippen LogP contribution in [0.5, 0.6) is 0 Å². The van der Waals surface area contributed by atoms with Crippen molar-refractivity contribution in [3.8, 4) is 0 Å². The summed E-state index contributed by atoms with van der Waals surface area (Å²) in [6, 6.07) is 10.5. The van der Waals surface area contributed by atoms with E-state index in [0.29, 0.717) is 19.1 Å². The molecule has 1 aromatic carbocycles. The Morgan fingerprint density at radius 1 is 1.00 bits per heavy atom. The first-order valence-corrected chi connectivity index (χ1v) is 9.85. The second kappa shape index (κ2) is 7.66. The van der Waals surface area contributed by atoms with Crippen LogP contribution in [0.1, 0.15) is 32.1 Å². The normalized spacial score (nSPS) is 29.1. The lowest BCUT2D eigenvalue weighted by Crippen LogP contribution is -2.65. The number of para-hydroxylation sites is 1. The summed E-state index contributed by atoms with van der Waals surface area (Å²) in [6.45, 7) is 3.11. The van der Waals surface area contributed by atoms with E-state index in [0.717, 1.165) is 25.9 Å². The zero-order valence-electron chi connectivity index (χ0n) is 15.2.